The topological polar surface area (TPSA) is 69.6 Å². The van der Waals surface area contributed by atoms with E-state index in [1.165, 1.54) is 11.8 Å². The monoisotopic (exact) mass is 390 g/mol. The van der Waals surface area contributed by atoms with Crippen LogP contribution in [0, 0.1) is 0 Å². The highest BCUT2D eigenvalue weighted by Gasteiger charge is 2.31. The van der Waals surface area contributed by atoms with E-state index in [0.717, 1.165) is 16.2 Å². The van der Waals surface area contributed by atoms with E-state index < -0.39 is 12.0 Å². The van der Waals surface area contributed by atoms with Crippen LogP contribution in [0.4, 0.5) is 5.69 Å². The van der Waals surface area contributed by atoms with Crippen LogP contribution in [0.15, 0.2) is 58.3 Å². The third-order valence-electron chi connectivity index (χ3n) is 4.20. The van der Waals surface area contributed by atoms with Crippen LogP contribution in [-0.4, -0.2) is 41.0 Å². The Morgan fingerprint density at radius 3 is 2.65 bits per heavy atom. The summed E-state index contributed by atoms with van der Waals surface area (Å²) in [5, 5.41) is 12.8. The van der Waals surface area contributed by atoms with Crippen molar-refractivity contribution in [1.82, 2.24) is 4.90 Å². The smallest absolute Gasteiger partial charge is 0.320 e. The Bertz CT molecular complexity index is 798. The first-order valence-electron chi connectivity index (χ1n) is 8.32. The van der Waals surface area contributed by atoms with Gasteiger partial charge in [0.05, 0.1) is 12.2 Å². The Labute approximate surface area is 161 Å². The van der Waals surface area contributed by atoms with Crippen molar-refractivity contribution in [2.45, 2.75) is 28.7 Å². The Balaban J connectivity index is 1.67. The van der Waals surface area contributed by atoms with E-state index in [-0.39, 0.29) is 12.5 Å². The number of halogens is 1. The summed E-state index contributed by atoms with van der Waals surface area (Å²) in [6.07, 6.45) is 1.39. The molecular formula is C19H19ClN2O3S. The molecule has 3 rings (SSSR count). The maximum Gasteiger partial charge on any atom is 0.320 e. The maximum atomic E-state index is 12.4. The highest BCUT2D eigenvalue weighted by atomic mass is 35.5. The number of anilines is 1. The molecule has 1 amide bonds. The fourth-order valence-corrected chi connectivity index (χ4v) is 3.99. The molecule has 2 aromatic rings. The molecule has 0 spiro atoms. The number of benzene rings is 2. The lowest BCUT2D eigenvalue weighted by Crippen LogP contribution is -2.40. The van der Waals surface area contributed by atoms with Gasteiger partial charge >= 0.3 is 5.97 Å². The molecule has 136 valence electrons. The molecule has 1 atom stereocenters. The first-order chi connectivity index (χ1) is 12.5. The zero-order chi connectivity index (χ0) is 18.5. The minimum atomic E-state index is -0.867. The lowest BCUT2D eigenvalue weighted by atomic mass is 10.2. The van der Waals surface area contributed by atoms with Crippen LogP contribution < -0.4 is 5.32 Å². The Morgan fingerprint density at radius 1 is 1.19 bits per heavy atom. The van der Waals surface area contributed by atoms with Crippen molar-refractivity contribution in [2.24, 2.45) is 0 Å². The number of carboxylic acids is 1. The van der Waals surface area contributed by atoms with E-state index in [1.54, 1.807) is 4.90 Å². The summed E-state index contributed by atoms with van der Waals surface area (Å²) >= 11 is 7.45. The highest BCUT2D eigenvalue weighted by molar-refractivity contribution is 7.99. The fraction of sp³-hybridized carbons (Fsp3) is 0.263. The third kappa shape index (κ3) is 4.78. The predicted octanol–water partition coefficient (Wildman–Crippen LogP) is 3.98. The molecule has 5 nitrogen and oxygen atoms in total. The fourth-order valence-electron chi connectivity index (χ4n) is 2.96. The summed E-state index contributed by atoms with van der Waals surface area (Å²) in [5.41, 5.74) is 0.712. The third-order valence-corrected chi connectivity index (χ3v) is 5.53. The lowest BCUT2D eigenvalue weighted by molar-refractivity contribution is -0.142. The number of nitrogens with one attached hydrogen (secondary N) is 1. The van der Waals surface area contributed by atoms with E-state index in [9.17, 15) is 14.7 Å². The molecule has 0 unspecified atom stereocenters. The molecule has 7 heteroatoms. The molecule has 0 saturated carbocycles. The van der Waals surface area contributed by atoms with Crippen LogP contribution in [-0.2, 0) is 9.59 Å². The van der Waals surface area contributed by atoms with Crippen LogP contribution in [0.3, 0.4) is 0 Å². The normalized spacial score (nSPS) is 17.2. The van der Waals surface area contributed by atoms with Gasteiger partial charge in [-0.05, 0) is 55.8 Å². The number of hydrogen-bond donors (Lipinski definition) is 2. The minimum absolute atomic E-state index is 0.0803. The number of para-hydroxylation sites is 1. The number of carboxylic acid groups (broad SMARTS) is 1. The summed E-state index contributed by atoms with van der Waals surface area (Å²) < 4.78 is 0. The zero-order valence-corrected chi connectivity index (χ0v) is 15.6. The molecule has 2 N–H and O–H groups in total. The van der Waals surface area contributed by atoms with Gasteiger partial charge in [0.15, 0.2) is 0 Å². The first kappa shape index (κ1) is 18.8. The summed E-state index contributed by atoms with van der Waals surface area (Å²) in [4.78, 5) is 27.3. The Kier molecular flexibility index (Phi) is 6.19. The molecule has 1 aliphatic rings. The van der Waals surface area contributed by atoms with Crippen molar-refractivity contribution >= 4 is 40.9 Å². The standard InChI is InChI=1S/C19H19ClN2O3S/c20-13-7-9-14(10-8-13)26-17-6-2-1-4-15(17)21-18(23)12-22-11-3-5-16(22)19(24)25/h1-2,4,6-10,16H,3,5,11-12H2,(H,21,23)(H,24,25)/t16-/m0/s1. The second-order valence-electron chi connectivity index (χ2n) is 6.07. The molecule has 1 aliphatic heterocycles. The number of amides is 1. The Morgan fingerprint density at radius 2 is 1.92 bits per heavy atom. The first-order valence-corrected chi connectivity index (χ1v) is 9.51. The number of likely N-dealkylation sites (tertiary alicyclic amines) is 1. The average molecular weight is 391 g/mol. The number of aliphatic carboxylic acids is 1. The van der Waals surface area contributed by atoms with Gasteiger partial charge < -0.3 is 10.4 Å². The molecule has 26 heavy (non-hydrogen) atoms. The van der Waals surface area contributed by atoms with E-state index in [0.29, 0.717) is 23.7 Å². The SMILES string of the molecule is O=C(CN1CCC[C@H]1C(=O)O)Nc1ccccc1Sc1ccc(Cl)cc1. The van der Waals surface area contributed by atoms with Crippen LogP contribution in [0.1, 0.15) is 12.8 Å². The Hall–Kier alpha value is -2.02. The number of carbonyl (C=O) groups excluding carboxylic acids is 1. The van der Waals surface area contributed by atoms with Crippen molar-refractivity contribution in [2.75, 3.05) is 18.4 Å². The largest absolute Gasteiger partial charge is 0.480 e. The predicted molar refractivity (Wildman–Crippen MR) is 103 cm³/mol. The van der Waals surface area contributed by atoms with Gasteiger partial charge in [-0.1, -0.05) is 35.5 Å². The van der Waals surface area contributed by atoms with Gasteiger partial charge in [-0.25, -0.2) is 0 Å². The van der Waals surface area contributed by atoms with Gasteiger partial charge in [-0.2, -0.15) is 0 Å². The van der Waals surface area contributed by atoms with E-state index in [1.807, 2.05) is 48.5 Å². The number of carbonyl (C=O) groups is 2. The van der Waals surface area contributed by atoms with Gasteiger partial charge in [0.1, 0.15) is 6.04 Å². The number of rotatable bonds is 6. The molecule has 0 aromatic heterocycles. The van der Waals surface area contributed by atoms with Gasteiger partial charge in [-0.3, -0.25) is 14.5 Å². The van der Waals surface area contributed by atoms with Gasteiger partial charge in [0, 0.05) is 14.8 Å². The van der Waals surface area contributed by atoms with Crippen LogP contribution >= 0.6 is 23.4 Å². The molecule has 0 aliphatic carbocycles. The molecule has 1 fully saturated rings. The van der Waals surface area contributed by atoms with Crippen LogP contribution in [0.5, 0.6) is 0 Å². The van der Waals surface area contributed by atoms with E-state index in [2.05, 4.69) is 5.32 Å². The summed E-state index contributed by atoms with van der Waals surface area (Å²) in [6.45, 7) is 0.711. The van der Waals surface area contributed by atoms with Crippen molar-refractivity contribution in [3.8, 4) is 0 Å². The zero-order valence-electron chi connectivity index (χ0n) is 14.0. The van der Waals surface area contributed by atoms with Crippen LogP contribution in [0.2, 0.25) is 5.02 Å². The van der Waals surface area contributed by atoms with E-state index >= 15 is 0 Å². The maximum absolute atomic E-state index is 12.4. The quantitative estimate of drug-likeness (QED) is 0.780. The molecule has 2 aromatic carbocycles. The highest BCUT2D eigenvalue weighted by Crippen LogP contribution is 2.34. The van der Waals surface area contributed by atoms with E-state index in [4.69, 9.17) is 11.6 Å². The molecule has 1 heterocycles. The molecule has 0 radical (unpaired) electrons. The van der Waals surface area contributed by atoms with Crippen molar-refractivity contribution < 1.29 is 14.7 Å². The van der Waals surface area contributed by atoms with Gasteiger partial charge in [0.25, 0.3) is 0 Å². The molecular weight excluding hydrogens is 372 g/mol. The second kappa shape index (κ2) is 8.58. The number of hydrogen-bond acceptors (Lipinski definition) is 4. The summed E-state index contributed by atoms with van der Waals surface area (Å²) in [5.74, 6) is -1.07. The van der Waals surface area contributed by atoms with Gasteiger partial charge in [0.2, 0.25) is 5.91 Å². The van der Waals surface area contributed by atoms with Crippen LogP contribution in [0.25, 0.3) is 0 Å². The minimum Gasteiger partial charge on any atom is -0.480 e. The lowest BCUT2D eigenvalue weighted by Gasteiger charge is -2.20. The second-order valence-corrected chi connectivity index (χ2v) is 7.62. The molecule has 1 saturated heterocycles. The van der Waals surface area contributed by atoms with Crippen molar-refractivity contribution in [3.63, 3.8) is 0 Å². The molecule has 0 bridgehead atoms. The summed E-state index contributed by atoms with van der Waals surface area (Å²) in [7, 11) is 0. The van der Waals surface area contributed by atoms with Crippen molar-refractivity contribution in [1.29, 1.82) is 0 Å². The summed E-state index contributed by atoms with van der Waals surface area (Å²) in [6, 6.07) is 14.5. The van der Waals surface area contributed by atoms with Crippen molar-refractivity contribution in [3.05, 3.63) is 53.6 Å². The number of nitrogens with zero attached hydrogens (tertiary/aromatic N) is 1. The average Bonchev–Trinajstić information content (AvgIpc) is 3.07. The van der Waals surface area contributed by atoms with Gasteiger partial charge in [-0.15, -0.1) is 0 Å².